The molecule has 1 saturated heterocycles. The van der Waals surface area contributed by atoms with Crippen molar-refractivity contribution < 1.29 is 4.79 Å². The Bertz CT molecular complexity index is 1190. The van der Waals surface area contributed by atoms with Crippen molar-refractivity contribution in [2.45, 2.75) is 38.3 Å². The Balaban J connectivity index is 1.03. The number of hydrogen-bond acceptors (Lipinski definition) is 4. The second-order valence-corrected chi connectivity index (χ2v) is 9.27. The number of amides is 1. The highest BCUT2D eigenvalue weighted by Gasteiger charge is 2.19. The largest absolute Gasteiger partial charge is 0.371 e. The summed E-state index contributed by atoms with van der Waals surface area (Å²) in [5, 5.41) is 6.71. The van der Waals surface area contributed by atoms with Crippen molar-refractivity contribution in [1.82, 2.24) is 20.6 Å². The minimum atomic E-state index is 0.0520. The van der Waals surface area contributed by atoms with Crippen LogP contribution in [0.3, 0.4) is 0 Å². The summed E-state index contributed by atoms with van der Waals surface area (Å²) in [5.41, 5.74) is 5.54. The van der Waals surface area contributed by atoms with Crippen molar-refractivity contribution in [2.24, 2.45) is 0 Å². The molecular formula is C29H33N5O. The van der Waals surface area contributed by atoms with Crippen molar-refractivity contribution >= 4 is 22.6 Å². The number of carbonyl (C=O) groups is 1. The lowest BCUT2D eigenvalue weighted by atomic mass is 10.0. The Hall–Kier alpha value is -3.64. The molecule has 0 radical (unpaired) electrons. The van der Waals surface area contributed by atoms with E-state index in [1.165, 1.54) is 5.69 Å². The first-order valence-electron chi connectivity index (χ1n) is 12.5. The predicted molar refractivity (Wildman–Crippen MR) is 141 cm³/mol. The monoisotopic (exact) mass is 467 g/mol. The molecule has 4 aromatic rings. The fraction of sp³-hybridized carbons (Fsp3) is 0.310. The fourth-order valence-corrected chi connectivity index (χ4v) is 4.73. The van der Waals surface area contributed by atoms with E-state index in [9.17, 15) is 4.79 Å². The van der Waals surface area contributed by atoms with Gasteiger partial charge in [0.25, 0.3) is 0 Å². The first-order valence-corrected chi connectivity index (χ1v) is 12.5. The number of imidazole rings is 1. The molecule has 1 aromatic heterocycles. The SMILES string of the molecule is O=C(Cc1ccc(N2CCC(NCCc3nc4ccccc4[nH]3)CC2)cc1)NCc1ccccc1. The quantitative estimate of drug-likeness (QED) is 0.345. The van der Waals surface area contributed by atoms with Gasteiger partial charge in [-0.3, -0.25) is 4.79 Å². The number of carbonyl (C=O) groups excluding carboxylic acids is 1. The van der Waals surface area contributed by atoms with Gasteiger partial charge in [0.05, 0.1) is 17.5 Å². The second-order valence-electron chi connectivity index (χ2n) is 9.27. The Morgan fingerprint density at radius 3 is 2.43 bits per heavy atom. The Morgan fingerprint density at radius 2 is 1.66 bits per heavy atom. The summed E-state index contributed by atoms with van der Waals surface area (Å²) in [6.45, 7) is 3.59. The van der Waals surface area contributed by atoms with Gasteiger partial charge >= 0.3 is 0 Å². The van der Waals surface area contributed by atoms with Crippen molar-refractivity contribution in [2.75, 3.05) is 24.5 Å². The molecule has 0 bridgehead atoms. The number of benzene rings is 3. The smallest absolute Gasteiger partial charge is 0.224 e. The molecule has 1 fully saturated rings. The number of nitrogens with zero attached hydrogens (tertiary/aromatic N) is 2. The summed E-state index contributed by atoms with van der Waals surface area (Å²) >= 11 is 0. The van der Waals surface area contributed by atoms with Gasteiger partial charge in [-0.1, -0.05) is 54.6 Å². The van der Waals surface area contributed by atoms with Crippen LogP contribution in [0.5, 0.6) is 0 Å². The standard InChI is InChI=1S/C29H33N5O/c35-29(31-21-23-6-2-1-3-7-23)20-22-10-12-25(13-11-22)34-18-15-24(16-19-34)30-17-14-28-32-26-8-4-5-9-27(26)33-28/h1-13,24,30H,14-21H2,(H,31,35)(H,32,33). The molecule has 0 unspecified atom stereocenters. The summed E-state index contributed by atoms with van der Waals surface area (Å²) in [6.07, 6.45) is 3.58. The maximum absolute atomic E-state index is 12.3. The van der Waals surface area contributed by atoms with Crippen LogP contribution in [0.1, 0.15) is 29.8 Å². The lowest BCUT2D eigenvalue weighted by molar-refractivity contribution is -0.120. The number of anilines is 1. The zero-order chi connectivity index (χ0) is 23.9. The Labute approximate surface area is 206 Å². The topological polar surface area (TPSA) is 73.0 Å². The van der Waals surface area contributed by atoms with E-state index in [1.807, 2.05) is 48.5 Å². The molecule has 0 atom stereocenters. The zero-order valence-electron chi connectivity index (χ0n) is 20.0. The van der Waals surface area contributed by atoms with Crippen LogP contribution >= 0.6 is 0 Å². The van der Waals surface area contributed by atoms with Crippen molar-refractivity contribution in [3.8, 4) is 0 Å². The van der Waals surface area contributed by atoms with Gasteiger partial charge in [0.1, 0.15) is 5.82 Å². The molecule has 35 heavy (non-hydrogen) atoms. The van der Waals surface area contributed by atoms with Gasteiger partial charge in [-0.05, 0) is 48.2 Å². The van der Waals surface area contributed by atoms with Crippen LogP contribution in [0.15, 0.2) is 78.9 Å². The molecule has 5 rings (SSSR count). The van der Waals surface area contributed by atoms with E-state index >= 15 is 0 Å². The number of H-pyrrole nitrogens is 1. The third kappa shape index (κ3) is 6.28. The number of nitrogens with one attached hydrogen (secondary N) is 3. The van der Waals surface area contributed by atoms with Gasteiger partial charge in [0, 0.05) is 44.3 Å². The fourth-order valence-electron chi connectivity index (χ4n) is 4.73. The highest BCUT2D eigenvalue weighted by Crippen LogP contribution is 2.21. The van der Waals surface area contributed by atoms with Gasteiger partial charge in [0.15, 0.2) is 0 Å². The molecule has 0 saturated carbocycles. The van der Waals surface area contributed by atoms with Crippen LogP contribution in [0.4, 0.5) is 5.69 Å². The maximum Gasteiger partial charge on any atom is 0.224 e. The minimum Gasteiger partial charge on any atom is -0.371 e. The molecule has 3 N–H and O–H groups in total. The van der Waals surface area contributed by atoms with Crippen LogP contribution < -0.4 is 15.5 Å². The zero-order valence-corrected chi connectivity index (χ0v) is 20.0. The van der Waals surface area contributed by atoms with Crippen molar-refractivity contribution in [1.29, 1.82) is 0 Å². The second kappa shape index (κ2) is 11.2. The van der Waals surface area contributed by atoms with Gasteiger partial charge in [-0.2, -0.15) is 0 Å². The molecule has 0 aliphatic carbocycles. The Kier molecular flexibility index (Phi) is 7.39. The number of fused-ring (bicyclic) bond motifs is 1. The lowest BCUT2D eigenvalue weighted by Gasteiger charge is -2.34. The normalized spacial score (nSPS) is 14.3. The van der Waals surface area contributed by atoms with Gasteiger partial charge < -0.3 is 20.5 Å². The minimum absolute atomic E-state index is 0.0520. The third-order valence-electron chi connectivity index (χ3n) is 6.73. The number of aromatic nitrogens is 2. The summed E-state index contributed by atoms with van der Waals surface area (Å²) < 4.78 is 0. The highest BCUT2D eigenvalue weighted by molar-refractivity contribution is 5.78. The molecule has 3 aromatic carbocycles. The van der Waals surface area contributed by atoms with Crippen LogP contribution in [-0.4, -0.2) is 41.6 Å². The van der Waals surface area contributed by atoms with Crippen LogP contribution in [0.25, 0.3) is 11.0 Å². The van der Waals surface area contributed by atoms with E-state index in [0.29, 0.717) is 19.0 Å². The lowest BCUT2D eigenvalue weighted by Crippen LogP contribution is -2.43. The van der Waals surface area contributed by atoms with E-state index in [1.54, 1.807) is 0 Å². The van der Waals surface area contributed by atoms with Crippen LogP contribution in [0.2, 0.25) is 0 Å². The Morgan fingerprint density at radius 1 is 0.914 bits per heavy atom. The summed E-state index contributed by atoms with van der Waals surface area (Å²) in [4.78, 5) is 22.8. The van der Waals surface area contributed by atoms with Gasteiger partial charge in [-0.25, -0.2) is 4.98 Å². The predicted octanol–water partition coefficient (Wildman–Crippen LogP) is 4.22. The molecule has 6 nitrogen and oxygen atoms in total. The molecule has 6 heteroatoms. The number of hydrogen-bond donors (Lipinski definition) is 3. The molecule has 1 aliphatic heterocycles. The molecule has 180 valence electrons. The van der Waals surface area contributed by atoms with E-state index in [2.05, 4.69) is 55.8 Å². The van der Waals surface area contributed by atoms with Crippen molar-refractivity contribution in [3.63, 3.8) is 0 Å². The highest BCUT2D eigenvalue weighted by atomic mass is 16.1. The number of rotatable bonds is 9. The first-order chi connectivity index (χ1) is 17.2. The summed E-state index contributed by atoms with van der Waals surface area (Å²) in [7, 11) is 0. The van der Waals surface area contributed by atoms with Gasteiger partial charge in [0.2, 0.25) is 5.91 Å². The van der Waals surface area contributed by atoms with Gasteiger partial charge in [-0.15, -0.1) is 0 Å². The average molecular weight is 468 g/mol. The number of piperidine rings is 1. The maximum atomic E-state index is 12.3. The molecule has 1 amide bonds. The van der Waals surface area contributed by atoms with Crippen LogP contribution in [-0.2, 0) is 24.2 Å². The van der Waals surface area contributed by atoms with E-state index in [4.69, 9.17) is 0 Å². The molecule has 2 heterocycles. The average Bonchev–Trinajstić information content (AvgIpc) is 3.32. The number of aromatic amines is 1. The molecule has 0 spiro atoms. The van der Waals surface area contributed by atoms with Crippen LogP contribution in [0, 0.1) is 0 Å². The molecular weight excluding hydrogens is 434 g/mol. The molecule has 1 aliphatic rings. The number of para-hydroxylation sites is 2. The van der Waals surface area contributed by atoms with E-state index in [-0.39, 0.29) is 5.91 Å². The van der Waals surface area contributed by atoms with E-state index < -0.39 is 0 Å². The first kappa shape index (κ1) is 23.1. The third-order valence-corrected chi connectivity index (χ3v) is 6.73. The van der Waals surface area contributed by atoms with E-state index in [0.717, 1.165) is 66.9 Å². The summed E-state index contributed by atoms with van der Waals surface area (Å²) in [6, 6.07) is 27.2. The van der Waals surface area contributed by atoms with Crippen molar-refractivity contribution in [3.05, 3.63) is 95.8 Å². The summed E-state index contributed by atoms with van der Waals surface area (Å²) in [5.74, 6) is 1.10.